The van der Waals surface area contributed by atoms with Crippen molar-refractivity contribution in [3.05, 3.63) is 52.7 Å². The van der Waals surface area contributed by atoms with Crippen molar-refractivity contribution in [1.29, 1.82) is 0 Å². The largest absolute Gasteiger partial charge is 0.436 e. The molecule has 0 N–H and O–H groups in total. The van der Waals surface area contributed by atoms with E-state index in [4.69, 9.17) is 4.74 Å². The monoisotopic (exact) mass is 234 g/mol. The summed E-state index contributed by atoms with van der Waals surface area (Å²) in [5.41, 5.74) is -0.343. The Labute approximate surface area is 94.9 Å². The first-order valence-electron chi connectivity index (χ1n) is 4.46. The Bertz CT molecular complexity index is 548. The first kappa shape index (κ1) is 10.9. The number of hydrogen-bond acceptors (Lipinski definition) is 5. The lowest BCUT2D eigenvalue weighted by Gasteiger charge is -2.04. The van der Waals surface area contributed by atoms with E-state index in [1.54, 1.807) is 0 Å². The number of benzene rings is 1. The molecule has 0 fully saturated rings. The highest BCUT2D eigenvalue weighted by Gasteiger charge is 2.12. The van der Waals surface area contributed by atoms with Gasteiger partial charge in [-0.25, -0.2) is 14.4 Å². The maximum absolute atomic E-state index is 13.4. The molecular formula is C10H5FN3O3. The SMILES string of the molecule is O=[N+]([O-])c1ccc(Oc2c[c]ncn2)c(F)c1. The van der Waals surface area contributed by atoms with Gasteiger partial charge >= 0.3 is 0 Å². The van der Waals surface area contributed by atoms with Gasteiger partial charge in [-0.15, -0.1) is 0 Å². The van der Waals surface area contributed by atoms with E-state index in [0.717, 1.165) is 18.2 Å². The molecule has 2 aromatic rings. The molecule has 0 unspecified atom stereocenters. The number of nitro benzene ring substituents is 1. The number of nitro groups is 1. The summed E-state index contributed by atoms with van der Waals surface area (Å²) in [6.45, 7) is 0. The number of halogens is 1. The van der Waals surface area contributed by atoms with Crippen molar-refractivity contribution in [2.75, 3.05) is 0 Å². The quantitative estimate of drug-likeness (QED) is 0.600. The third-order valence-corrected chi connectivity index (χ3v) is 1.85. The van der Waals surface area contributed by atoms with Crippen molar-refractivity contribution in [2.24, 2.45) is 0 Å². The zero-order chi connectivity index (χ0) is 12.3. The average molecular weight is 234 g/mol. The minimum absolute atomic E-state index is 0.104. The molecule has 2 rings (SSSR count). The third kappa shape index (κ3) is 2.51. The molecule has 0 atom stereocenters. The molecule has 0 aliphatic carbocycles. The molecule has 1 aromatic heterocycles. The lowest BCUT2D eigenvalue weighted by Crippen LogP contribution is -1.93. The fourth-order valence-electron chi connectivity index (χ4n) is 1.10. The Hall–Kier alpha value is -2.57. The van der Waals surface area contributed by atoms with Crippen LogP contribution in [0.4, 0.5) is 10.1 Å². The Morgan fingerprint density at radius 2 is 2.29 bits per heavy atom. The summed E-state index contributed by atoms with van der Waals surface area (Å²) in [6, 6.07) is 4.40. The fourth-order valence-corrected chi connectivity index (χ4v) is 1.10. The number of ether oxygens (including phenoxy) is 1. The van der Waals surface area contributed by atoms with E-state index < -0.39 is 10.7 Å². The van der Waals surface area contributed by atoms with Gasteiger partial charge in [-0.3, -0.25) is 10.1 Å². The van der Waals surface area contributed by atoms with Crippen LogP contribution in [0.2, 0.25) is 0 Å². The van der Waals surface area contributed by atoms with Crippen molar-refractivity contribution < 1.29 is 14.1 Å². The van der Waals surface area contributed by atoms with E-state index in [1.165, 1.54) is 12.4 Å². The van der Waals surface area contributed by atoms with E-state index >= 15 is 0 Å². The van der Waals surface area contributed by atoms with Gasteiger partial charge < -0.3 is 4.74 Å². The molecule has 0 aliphatic rings. The van der Waals surface area contributed by atoms with Crippen LogP contribution < -0.4 is 4.74 Å². The van der Waals surface area contributed by atoms with Crippen LogP contribution in [0.3, 0.4) is 0 Å². The first-order valence-corrected chi connectivity index (χ1v) is 4.46. The summed E-state index contributed by atoms with van der Waals surface area (Å²) in [6.07, 6.45) is 3.66. The van der Waals surface area contributed by atoms with Crippen LogP contribution in [0.5, 0.6) is 11.6 Å². The van der Waals surface area contributed by atoms with Gasteiger partial charge in [0.2, 0.25) is 5.88 Å². The van der Waals surface area contributed by atoms with Crippen LogP contribution >= 0.6 is 0 Å². The molecular weight excluding hydrogens is 229 g/mol. The molecule has 7 heteroatoms. The maximum atomic E-state index is 13.4. The Morgan fingerprint density at radius 1 is 1.47 bits per heavy atom. The van der Waals surface area contributed by atoms with Crippen LogP contribution in [-0.4, -0.2) is 14.9 Å². The second-order valence-corrected chi connectivity index (χ2v) is 2.96. The molecule has 6 nitrogen and oxygen atoms in total. The van der Waals surface area contributed by atoms with Gasteiger partial charge in [0, 0.05) is 12.1 Å². The van der Waals surface area contributed by atoms with Gasteiger partial charge in [-0.2, -0.15) is 0 Å². The molecule has 0 spiro atoms. The average Bonchev–Trinajstić information content (AvgIpc) is 2.33. The summed E-state index contributed by atoms with van der Waals surface area (Å²) in [7, 11) is 0. The lowest BCUT2D eigenvalue weighted by atomic mass is 10.3. The van der Waals surface area contributed by atoms with Crippen molar-refractivity contribution in [3.63, 3.8) is 0 Å². The molecule has 1 heterocycles. The minimum Gasteiger partial charge on any atom is -0.436 e. The molecule has 85 valence electrons. The van der Waals surface area contributed by atoms with Gasteiger partial charge in [0.05, 0.1) is 17.2 Å². The second kappa shape index (κ2) is 4.52. The zero-order valence-electron chi connectivity index (χ0n) is 8.33. The number of non-ortho nitro benzene ring substituents is 1. The Morgan fingerprint density at radius 3 is 2.88 bits per heavy atom. The van der Waals surface area contributed by atoms with E-state index in [1.807, 2.05) is 0 Å². The highest BCUT2D eigenvalue weighted by molar-refractivity contribution is 5.38. The minimum atomic E-state index is -0.835. The molecule has 17 heavy (non-hydrogen) atoms. The number of aromatic nitrogens is 2. The van der Waals surface area contributed by atoms with E-state index in [2.05, 4.69) is 16.2 Å². The van der Waals surface area contributed by atoms with Crippen LogP contribution in [-0.2, 0) is 0 Å². The van der Waals surface area contributed by atoms with Crippen LogP contribution in [0.25, 0.3) is 0 Å². The maximum Gasteiger partial charge on any atom is 0.272 e. The highest BCUT2D eigenvalue weighted by atomic mass is 19.1. The van der Waals surface area contributed by atoms with Gasteiger partial charge in [0.25, 0.3) is 5.69 Å². The molecule has 0 aliphatic heterocycles. The second-order valence-electron chi connectivity index (χ2n) is 2.96. The number of rotatable bonds is 3. The van der Waals surface area contributed by atoms with Crippen molar-refractivity contribution in [2.45, 2.75) is 0 Å². The Kier molecular flexibility index (Phi) is 2.91. The van der Waals surface area contributed by atoms with E-state index in [9.17, 15) is 14.5 Å². The normalized spacial score (nSPS) is 9.94. The van der Waals surface area contributed by atoms with Crippen LogP contribution in [0, 0.1) is 22.1 Å². The van der Waals surface area contributed by atoms with Crippen molar-refractivity contribution >= 4 is 5.69 Å². The number of hydrogen-bond donors (Lipinski definition) is 0. The van der Waals surface area contributed by atoms with E-state index in [-0.39, 0.29) is 17.3 Å². The van der Waals surface area contributed by atoms with Gasteiger partial charge in [-0.05, 0) is 6.07 Å². The zero-order valence-corrected chi connectivity index (χ0v) is 8.33. The van der Waals surface area contributed by atoms with Crippen molar-refractivity contribution in [1.82, 2.24) is 9.97 Å². The lowest BCUT2D eigenvalue weighted by molar-refractivity contribution is -0.385. The first-order chi connectivity index (χ1) is 8.16. The number of nitrogens with zero attached hydrogens (tertiary/aromatic N) is 3. The molecule has 1 radical (unpaired) electrons. The highest BCUT2D eigenvalue weighted by Crippen LogP contribution is 2.25. The Balaban J connectivity index is 2.26. The molecule has 0 saturated heterocycles. The predicted octanol–water partition coefficient (Wildman–Crippen LogP) is 2.12. The molecule has 1 aromatic carbocycles. The van der Waals surface area contributed by atoms with Gasteiger partial charge in [-0.1, -0.05) is 0 Å². The molecule has 0 saturated carbocycles. The standard InChI is InChI=1S/C10H5FN3O3/c11-8-5-7(14(15)16)1-2-9(8)17-10-3-4-12-6-13-10/h1-3,5-6H. The van der Waals surface area contributed by atoms with Crippen LogP contribution in [0.15, 0.2) is 30.6 Å². The molecule has 0 amide bonds. The smallest absolute Gasteiger partial charge is 0.272 e. The van der Waals surface area contributed by atoms with Crippen molar-refractivity contribution in [3.8, 4) is 11.6 Å². The summed E-state index contributed by atoms with van der Waals surface area (Å²) in [5, 5.41) is 10.4. The third-order valence-electron chi connectivity index (χ3n) is 1.85. The fraction of sp³-hybridized carbons (Fsp3) is 0. The van der Waals surface area contributed by atoms with Gasteiger partial charge in [0.1, 0.15) is 6.33 Å². The predicted molar refractivity (Wildman–Crippen MR) is 54.0 cm³/mol. The summed E-state index contributed by atoms with van der Waals surface area (Å²) in [5.74, 6) is -0.881. The van der Waals surface area contributed by atoms with E-state index in [0.29, 0.717) is 0 Å². The summed E-state index contributed by atoms with van der Waals surface area (Å²) < 4.78 is 18.5. The van der Waals surface area contributed by atoms with Gasteiger partial charge in [0.15, 0.2) is 11.6 Å². The molecule has 0 bridgehead atoms. The van der Waals surface area contributed by atoms with Crippen LogP contribution in [0.1, 0.15) is 0 Å². The topological polar surface area (TPSA) is 78.2 Å². The summed E-state index contributed by atoms with van der Waals surface area (Å²) >= 11 is 0. The summed E-state index contributed by atoms with van der Waals surface area (Å²) in [4.78, 5) is 17.0.